The Hall–Kier alpha value is -2.51. The van der Waals surface area contributed by atoms with E-state index in [0.717, 1.165) is 31.5 Å². The van der Waals surface area contributed by atoms with Crippen LogP contribution in [0.2, 0.25) is 0 Å². The molecule has 1 fully saturated rings. The molecule has 6 nitrogen and oxygen atoms in total. The molecule has 2 amide bonds. The van der Waals surface area contributed by atoms with Crippen LogP contribution in [0.3, 0.4) is 0 Å². The first-order valence-corrected chi connectivity index (χ1v) is 10.5. The predicted octanol–water partition coefficient (Wildman–Crippen LogP) is 3.14. The number of nitrogens with zero attached hydrogens (tertiary/aromatic N) is 2. The van der Waals surface area contributed by atoms with Gasteiger partial charge in [0.05, 0.1) is 17.9 Å². The number of piperidine rings is 1. The Kier molecular flexibility index (Phi) is 5.52. The number of carbonyl (C=O) groups excluding carboxylic acids is 3. The van der Waals surface area contributed by atoms with E-state index in [1.165, 1.54) is 0 Å². The molecule has 29 heavy (non-hydrogen) atoms. The Morgan fingerprint density at radius 3 is 2.55 bits per heavy atom. The van der Waals surface area contributed by atoms with Crippen molar-refractivity contribution >= 4 is 39.2 Å². The van der Waals surface area contributed by atoms with Crippen molar-refractivity contribution in [3.8, 4) is 0 Å². The lowest BCUT2D eigenvalue weighted by molar-refractivity contribution is -0.114. The number of rotatable bonds is 4. The number of hydrogen-bond donors (Lipinski definition) is 1. The maximum atomic E-state index is 12.5. The molecule has 0 saturated carbocycles. The molecule has 2 aliphatic heterocycles. The van der Waals surface area contributed by atoms with Crippen molar-refractivity contribution in [3.05, 3.63) is 63.6 Å². The zero-order valence-corrected chi connectivity index (χ0v) is 17.7. The molecule has 0 aromatic heterocycles. The van der Waals surface area contributed by atoms with Crippen molar-refractivity contribution in [2.24, 2.45) is 0 Å². The first-order chi connectivity index (χ1) is 14.0. The Morgan fingerprint density at radius 1 is 1.10 bits per heavy atom. The van der Waals surface area contributed by atoms with Crippen LogP contribution in [0.4, 0.5) is 5.69 Å². The van der Waals surface area contributed by atoms with Crippen LogP contribution in [0.15, 0.2) is 46.9 Å². The summed E-state index contributed by atoms with van der Waals surface area (Å²) in [5, 5.41) is 3.12. The molecule has 4 rings (SSSR count). The summed E-state index contributed by atoms with van der Waals surface area (Å²) in [6.07, 6.45) is 1.61. The third-order valence-corrected chi connectivity index (χ3v) is 6.26. The van der Waals surface area contributed by atoms with Crippen molar-refractivity contribution < 1.29 is 14.4 Å². The summed E-state index contributed by atoms with van der Waals surface area (Å²) in [4.78, 5) is 41.0. The minimum atomic E-state index is -0.484. The molecular weight excluding hydrogens is 434 g/mol. The molecular formula is C22H22BrN3O3. The third kappa shape index (κ3) is 3.84. The van der Waals surface area contributed by atoms with Gasteiger partial charge in [0.25, 0.3) is 11.7 Å². The number of aryl methyl sites for hydroxylation is 1. The van der Waals surface area contributed by atoms with Gasteiger partial charge in [-0.3, -0.25) is 24.2 Å². The van der Waals surface area contributed by atoms with Gasteiger partial charge in [-0.05, 0) is 59.5 Å². The number of fused-ring (bicyclic) bond motifs is 1. The molecule has 7 heteroatoms. The van der Waals surface area contributed by atoms with Gasteiger partial charge in [0.1, 0.15) is 0 Å². The standard InChI is InChI=1S/C22H22BrN3O3/c1-14-5-2-3-6-16(14)21(28)24-15-9-11-25(12-10-15)13-26-18-8-4-7-17(23)19(18)20(27)22(26)29/h2-8,15H,9-13H2,1H3,(H,24,28). The van der Waals surface area contributed by atoms with Gasteiger partial charge in [0.2, 0.25) is 0 Å². The summed E-state index contributed by atoms with van der Waals surface area (Å²) in [6, 6.07) is 13.1. The molecule has 2 aromatic rings. The third-order valence-electron chi connectivity index (χ3n) is 5.60. The molecule has 0 atom stereocenters. The molecule has 0 aliphatic carbocycles. The van der Waals surface area contributed by atoms with Crippen molar-refractivity contribution in [2.45, 2.75) is 25.8 Å². The molecule has 2 aliphatic rings. The van der Waals surface area contributed by atoms with Crippen LogP contribution in [0, 0.1) is 6.92 Å². The number of likely N-dealkylation sites (tertiary alicyclic amines) is 1. The minimum Gasteiger partial charge on any atom is -0.349 e. The van der Waals surface area contributed by atoms with E-state index in [9.17, 15) is 14.4 Å². The number of amides is 2. The molecule has 1 N–H and O–H groups in total. The first-order valence-electron chi connectivity index (χ1n) is 9.69. The second kappa shape index (κ2) is 8.08. The maximum absolute atomic E-state index is 12.5. The molecule has 2 heterocycles. The fourth-order valence-corrected chi connectivity index (χ4v) is 4.49. The molecule has 2 aromatic carbocycles. The van der Waals surface area contributed by atoms with E-state index in [0.29, 0.717) is 28.0 Å². The second-order valence-corrected chi connectivity index (χ2v) is 8.37. The Labute approximate surface area is 178 Å². The SMILES string of the molecule is Cc1ccccc1C(=O)NC1CCN(CN2C(=O)C(=O)c3c(Br)cccc32)CC1. The predicted molar refractivity (Wildman–Crippen MR) is 114 cm³/mol. The van der Waals surface area contributed by atoms with Gasteiger partial charge in [-0.2, -0.15) is 0 Å². The highest BCUT2D eigenvalue weighted by Crippen LogP contribution is 2.34. The Balaban J connectivity index is 1.36. The zero-order valence-electron chi connectivity index (χ0n) is 16.2. The van der Waals surface area contributed by atoms with Crippen LogP contribution in [0.5, 0.6) is 0 Å². The summed E-state index contributed by atoms with van der Waals surface area (Å²) in [6.45, 7) is 3.81. The van der Waals surface area contributed by atoms with Crippen molar-refractivity contribution in [1.82, 2.24) is 10.2 Å². The average molecular weight is 456 g/mol. The van der Waals surface area contributed by atoms with E-state index in [1.807, 2.05) is 37.3 Å². The number of Topliss-reactive ketones (excluding diaryl/α,β-unsaturated/α-hetero) is 1. The van der Waals surface area contributed by atoms with Gasteiger partial charge in [-0.25, -0.2) is 0 Å². The van der Waals surface area contributed by atoms with Crippen molar-refractivity contribution in [3.63, 3.8) is 0 Å². The van der Waals surface area contributed by atoms with E-state index in [4.69, 9.17) is 0 Å². The quantitative estimate of drug-likeness (QED) is 0.718. The molecule has 0 radical (unpaired) electrons. The van der Waals surface area contributed by atoms with Crippen molar-refractivity contribution in [1.29, 1.82) is 0 Å². The van der Waals surface area contributed by atoms with Gasteiger partial charge in [0.15, 0.2) is 0 Å². The van der Waals surface area contributed by atoms with Crippen LogP contribution < -0.4 is 10.2 Å². The van der Waals surface area contributed by atoms with E-state index < -0.39 is 11.7 Å². The maximum Gasteiger partial charge on any atom is 0.300 e. The van der Waals surface area contributed by atoms with Gasteiger partial charge in [0, 0.05) is 29.2 Å². The molecule has 0 bridgehead atoms. The lowest BCUT2D eigenvalue weighted by Crippen LogP contribution is -2.49. The normalized spacial score (nSPS) is 17.5. The summed E-state index contributed by atoms with van der Waals surface area (Å²) in [5.74, 6) is -0.990. The van der Waals surface area contributed by atoms with Gasteiger partial charge in [-0.15, -0.1) is 0 Å². The highest BCUT2D eigenvalue weighted by Gasteiger charge is 2.38. The smallest absolute Gasteiger partial charge is 0.300 e. The number of hydrogen-bond acceptors (Lipinski definition) is 4. The Bertz CT molecular complexity index is 983. The number of halogens is 1. The van der Waals surface area contributed by atoms with Crippen molar-refractivity contribution in [2.75, 3.05) is 24.7 Å². The highest BCUT2D eigenvalue weighted by atomic mass is 79.9. The van der Waals surface area contributed by atoms with Crippen LogP contribution in [0.25, 0.3) is 0 Å². The molecule has 0 spiro atoms. The second-order valence-electron chi connectivity index (χ2n) is 7.52. The molecule has 150 valence electrons. The summed E-state index contributed by atoms with van der Waals surface area (Å²) in [7, 11) is 0. The lowest BCUT2D eigenvalue weighted by atomic mass is 10.0. The summed E-state index contributed by atoms with van der Waals surface area (Å²) < 4.78 is 0.647. The minimum absolute atomic E-state index is 0.0411. The van der Waals surface area contributed by atoms with Crippen LogP contribution in [0.1, 0.15) is 39.1 Å². The average Bonchev–Trinajstić information content (AvgIpc) is 2.95. The number of anilines is 1. The lowest BCUT2D eigenvalue weighted by Gasteiger charge is -2.34. The van der Waals surface area contributed by atoms with E-state index in [2.05, 4.69) is 26.1 Å². The highest BCUT2D eigenvalue weighted by molar-refractivity contribution is 9.10. The van der Waals surface area contributed by atoms with E-state index in [-0.39, 0.29) is 11.9 Å². The topological polar surface area (TPSA) is 69.7 Å². The zero-order chi connectivity index (χ0) is 20.5. The Morgan fingerprint density at radius 2 is 1.83 bits per heavy atom. The number of nitrogens with one attached hydrogen (secondary N) is 1. The van der Waals surface area contributed by atoms with Gasteiger partial charge < -0.3 is 5.32 Å². The number of ketones is 1. The van der Waals surface area contributed by atoms with Gasteiger partial charge >= 0.3 is 5.91 Å². The van der Waals surface area contributed by atoms with E-state index >= 15 is 0 Å². The largest absolute Gasteiger partial charge is 0.349 e. The fourth-order valence-electron chi connectivity index (χ4n) is 3.95. The summed E-state index contributed by atoms with van der Waals surface area (Å²) in [5.41, 5.74) is 2.77. The molecule has 0 unspecified atom stereocenters. The summed E-state index contributed by atoms with van der Waals surface area (Å²) >= 11 is 3.37. The number of carbonyl (C=O) groups is 3. The molecule has 1 saturated heterocycles. The van der Waals surface area contributed by atoms with E-state index in [1.54, 1.807) is 17.0 Å². The fraction of sp³-hybridized carbons (Fsp3) is 0.318. The monoisotopic (exact) mass is 455 g/mol. The van der Waals surface area contributed by atoms with Gasteiger partial charge in [-0.1, -0.05) is 24.3 Å². The van der Waals surface area contributed by atoms with Crippen LogP contribution >= 0.6 is 15.9 Å². The number of benzene rings is 2. The van der Waals surface area contributed by atoms with Crippen LogP contribution in [-0.2, 0) is 4.79 Å². The van der Waals surface area contributed by atoms with Crippen LogP contribution in [-0.4, -0.2) is 48.3 Å². The first kappa shape index (κ1) is 19.8.